The number of benzene rings is 1. The van der Waals surface area contributed by atoms with Gasteiger partial charge < -0.3 is 16.2 Å². The molecule has 0 saturated carbocycles. The van der Waals surface area contributed by atoms with E-state index in [0.29, 0.717) is 13.1 Å². The van der Waals surface area contributed by atoms with Crippen molar-refractivity contribution in [3.05, 3.63) is 35.4 Å². The largest absolute Gasteiger partial charge is 0.481 e. The zero-order valence-corrected chi connectivity index (χ0v) is 11.8. The van der Waals surface area contributed by atoms with E-state index in [2.05, 4.69) is 5.32 Å². The van der Waals surface area contributed by atoms with Crippen LogP contribution in [0.2, 0.25) is 0 Å². The SMILES string of the molecule is CCC(CNC(=O)Cc1ccccc1CN)CC(=O)O. The van der Waals surface area contributed by atoms with E-state index >= 15 is 0 Å². The molecule has 1 rings (SSSR count). The summed E-state index contributed by atoms with van der Waals surface area (Å²) in [7, 11) is 0. The van der Waals surface area contributed by atoms with E-state index in [1.54, 1.807) is 0 Å². The van der Waals surface area contributed by atoms with Crippen LogP contribution in [-0.4, -0.2) is 23.5 Å². The second kappa shape index (κ2) is 8.32. The van der Waals surface area contributed by atoms with E-state index < -0.39 is 5.97 Å². The summed E-state index contributed by atoms with van der Waals surface area (Å²) in [5.41, 5.74) is 7.50. The average molecular weight is 278 g/mol. The highest BCUT2D eigenvalue weighted by molar-refractivity contribution is 5.79. The molecule has 4 N–H and O–H groups in total. The van der Waals surface area contributed by atoms with E-state index in [1.165, 1.54) is 0 Å². The van der Waals surface area contributed by atoms with Crippen LogP contribution in [0.25, 0.3) is 0 Å². The maximum atomic E-state index is 11.9. The first-order valence-corrected chi connectivity index (χ1v) is 6.82. The number of carbonyl (C=O) groups is 2. The molecule has 0 heterocycles. The van der Waals surface area contributed by atoms with E-state index in [0.717, 1.165) is 17.5 Å². The van der Waals surface area contributed by atoms with Gasteiger partial charge in [0.2, 0.25) is 5.91 Å². The molecule has 1 aromatic carbocycles. The second-order valence-corrected chi connectivity index (χ2v) is 4.83. The van der Waals surface area contributed by atoms with Gasteiger partial charge in [-0.1, -0.05) is 37.6 Å². The molecular weight excluding hydrogens is 256 g/mol. The van der Waals surface area contributed by atoms with Crippen molar-refractivity contribution in [1.82, 2.24) is 5.32 Å². The molecule has 1 atom stereocenters. The Bertz CT molecular complexity index is 460. The lowest BCUT2D eigenvalue weighted by Gasteiger charge is -2.14. The molecule has 5 nitrogen and oxygen atoms in total. The number of amides is 1. The monoisotopic (exact) mass is 278 g/mol. The van der Waals surface area contributed by atoms with E-state index in [1.807, 2.05) is 31.2 Å². The zero-order chi connectivity index (χ0) is 15.0. The summed E-state index contributed by atoms with van der Waals surface area (Å²) in [5.74, 6) is -0.962. The Hall–Kier alpha value is -1.88. The number of nitrogens with one attached hydrogen (secondary N) is 1. The molecule has 0 radical (unpaired) electrons. The van der Waals surface area contributed by atoms with Crippen molar-refractivity contribution in [2.24, 2.45) is 11.7 Å². The highest BCUT2D eigenvalue weighted by Gasteiger charge is 2.13. The van der Waals surface area contributed by atoms with Crippen LogP contribution in [0, 0.1) is 5.92 Å². The molecule has 20 heavy (non-hydrogen) atoms. The Labute approximate surface area is 119 Å². The number of hydrogen-bond donors (Lipinski definition) is 3. The van der Waals surface area contributed by atoms with Gasteiger partial charge >= 0.3 is 5.97 Å². The number of aliphatic carboxylic acids is 1. The molecular formula is C15H22N2O3. The number of hydrogen-bond acceptors (Lipinski definition) is 3. The van der Waals surface area contributed by atoms with Crippen molar-refractivity contribution in [2.45, 2.75) is 32.7 Å². The summed E-state index contributed by atoms with van der Waals surface area (Å²) < 4.78 is 0. The lowest BCUT2D eigenvalue weighted by atomic mass is 10.0. The van der Waals surface area contributed by atoms with Gasteiger partial charge in [0.25, 0.3) is 0 Å². The van der Waals surface area contributed by atoms with Crippen LogP contribution in [0.5, 0.6) is 0 Å². The van der Waals surface area contributed by atoms with Crippen molar-refractivity contribution in [2.75, 3.05) is 6.54 Å². The molecule has 1 aromatic rings. The van der Waals surface area contributed by atoms with Crippen LogP contribution in [0.3, 0.4) is 0 Å². The summed E-state index contributed by atoms with van der Waals surface area (Å²) in [6, 6.07) is 7.56. The van der Waals surface area contributed by atoms with Gasteiger partial charge in [-0.05, 0) is 17.0 Å². The Kier molecular flexibility index (Phi) is 6.73. The van der Waals surface area contributed by atoms with Gasteiger partial charge in [0, 0.05) is 19.5 Å². The number of carbonyl (C=O) groups excluding carboxylic acids is 1. The lowest BCUT2D eigenvalue weighted by Crippen LogP contribution is -2.31. The maximum absolute atomic E-state index is 11.9. The fourth-order valence-electron chi connectivity index (χ4n) is 2.03. The number of carboxylic acid groups (broad SMARTS) is 1. The van der Waals surface area contributed by atoms with Crippen LogP contribution in [0.15, 0.2) is 24.3 Å². The third-order valence-electron chi connectivity index (χ3n) is 3.32. The van der Waals surface area contributed by atoms with Gasteiger partial charge in [0.05, 0.1) is 6.42 Å². The van der Waals surface area contributed by atoms with Crippen LogP contribution >= 0.6 is 0 Å². The fraction of sp³-hybridized carbons (Fsp3) is 0.467. The summed E-state index contributed by atoms with van der Waals surface area (Å²) in [6.07, 6.45) is 1.08. The molecule has 1 unspecified atom stereocenters. The van der Waals surface area contributed by atoms with Crippen LogP contribution in [-0.2, 0) is 22.6 Å². The van der Waals surface area contributed by atoms with E-state index in [4.69, 9.17) is 10.8 Å². The average Bonchev–Trinajstić information content (AvgIpc) is 2.43. The van der Waals surface area contributed by atoms with Crippen molar-refractivity contribution >= 4 is 11.9 Å². The summed E-state index contributed by atoms with van der Waals surface area (Å²) >= 11 is 0. The topological polar surface area (TPSA) is 92.4 Å². The predicted molar refractivity (Wildman–Crippen MR) is 77.1 cm³/mol. The summed E-state index contributed by atoms with van der Waals surface area (Å²) in [4.78, 5) is 22.5. The van der Waals surface area contributed by atoms with Gasteiger partial charge in [0.15, 0.2) is 0 Å². The van der Waals surface area contributed by atoms with Crippen LogP contribution < -0.4 is 11.1 Å². The zero-order valence-electron chi connectivity index (χ0n) is 11.8. The quantitative estimate of drug-likeness (QED) is 0.668. The molecule has 0 fully saturated rings. The Balaban J connectivity index is 2.49. The highest BCUT2D eigenvalue weighted by atomic mass is 16.4. The Morgan fingerprint density at radius 1 is 1.30 bits per heavy atom. The molecule has 0 aliphatic rings. The Morgan fingerprint density at radius 2 is 1.95 bits per heavy atom. The first-order chi connectivity index (χ1) is 9.56. The number of nitrogens with two attached hydrogens (primary N) is 1. The van der Waals surface area contributed by atoms with Crippen molar-refractivity contribution in [3.8, 4) is 0 Å². The summed E-state index contributed by atoms with van der Waals surface area (Å²) in [6.45, 7) is 2.72. The van der Waals surface area contributed by atoms with Gasteiger partial charge in [0.1, 0.15) is 0 Å². The van der Waals surface area contributed by atoms with Gasteiger partial charge in [-0.2, -0.15) is 0 Å². The van der Waals surface area contributed by atoms with Crippen molar-refractivity contribution in [1.29, 1.82) is 0 Å². The highest BCUT2D eigenvalue weighted by Crippen LogP contribution is 2.10. The molecule has 0 saturated heterocycles. The Morgan fingerprint density at radius 3 is 2.50 bits per heavy atom. The normalized spacial score (nSPS) is 11.9. The van der Waals surface area contributed by atoms with Crippen LogP contribution in [0.1, 0.15) is 30.9 Å². The first kappa shape index (κ1) is 16.2. The standard InChI is InChI=1S/C15H22N2O3/c1-2-11(7-15(19)20)10-17-14(18)8-12-5-3-4-6-13(12)9-16/h3-6,11H,2,7-10,16H2,1H3,(H,17,18)(H,19,20). The van der Waals surface area contributed by atoms with Gasteiger partial charge in [-0.15, -0.1) is 0 Å². The number of rotatable bonds is 8. The molecule has 0 aliphatic heterocycles. The van der Waals surface area contributed by atoms with Crippen molar-refractivity contribution < 1.29 is 14.7 Å². The molecule has 1 amide bonds. The molecule has 0 spiro atoms. The third-order valence-corrected chi connectivity index (χ3v) is 3.32. The van der Waals surface area contributed by atoms with Crippen molar-refractivity contribution in [3.63, 3.8) is 0 Å². The lowest BCUT2D eigenvalue weighted by molar-refractivity contribution is -0.138. The predicted octanol–water partition coefficient (Wildman–Crippen LogP) is 1.30. The summed E-state index contributed by atoms with van der Waals surface area (Å²) in [5, 5.41) is 11.6. The molecule has 0 aromatic heterocycles. The maximum Gasteiger partial charge on any atom is 0.303 e. The first-order valence-electron chi connectivity index (χ1n) is 6.82. The van der Waals surface area contributed by atoms with Gasteiger partial charge in [-0.25, -0.2) is 0 Å². The molecule has 0 bridgehead atoms. The smallest absolute Gasteiger partial charge is 0.303 e. The van der Waals surface area contributed by atoms with E-state index in [-0.39, 0.29) is 24.7 Å². The minimum Gasteiger partial charge on any atom is -0.481 e. The minimum atomic E-state index is -0.834. The van der Waals surface area contributed by atoms with E-state index in [9.17, 15) is 9.59 Å². The molecule has 0 aliphatic carbocycles. The third kappa shape index (κ3) is 5.40. The fourth-order valence-corrected chi connectivity index (χ4v) is 2.03. The minimum absolute atomic E-state index is 0.0267. The van der Waals surface area contributed by atoms with Crippen LogP contribution in [0.4, 0.5) is 0 Å². The van der Waals surface area contributed by atoms with Gasteiger partial charge in [-0.3, -0.25) is 9.59 Å². The second-order valence-electron chi connectivity index (χ2n) is 4.83. The number of carboxylic acids is 1. The molecule has 5 heteroatoms. The molecule has 110 valence electrons.